The quantitative estimate of drug-likeness (QED) is 0.500. The standard InChI is InChI=1S/C25H28N6O/c1-29(2)18-19-5-3-4-6-23(19)24-12-11-22-17-26-25(28-31(22)24)27-20-7-9-21(10-8-20)30-13-15-32-16-14-30/h3-12,17H,13-16,18H2,1-2H3,(H,27,28). The molecule has 1 fully saturated rings. The van der Waals surface area contributed by atoms with Gasteiger partial charge in [0.1, 0.15) is 0 Å². The van der Waals surface area contributed by atoms with Crippen molar-refractivity contribution in [3.05, 3.63) is 72.4 Å². The monoisotopic (exact) mass is 428 g/mol. The van der Waals surface area contributed by atoms with E-state index in [2.05, 4.69) is 94.9 Å². The average molecular weight is 429 g/mol. The summed E-state index contributed by atoms with van der Waals surface area (Å²) in [6, 6.07) is 21.1. The van der Waals surface area contributed by atoms with Crippen LogP contribution >= 0.6 is 0 Å². The van der Waals surface area contributed by atoms with E-state index in [4.69, 9.17) is 9.84 Å². The summed E-state index contributed by atoms with van der Waals surface area (Å²) in [6.07, 6.45) is 1.86. The highest BCUT2D eigenvalue weighted by atomic mass is 16.5. The van der Waals surface area contributed by atoms with Crippen molar-refractivity contribution < 1.29 is 4.74 Å². The minimum Gasteiger partial charge on any atom is -0.378 e. The van der Waals surface area contributed by atoms with Gasteiger partial charge in [-0.05, 0) is 56.1 Å². The van der Waals surface area contributed by atoms with Crippen molar-refractivity contribution in [2.24, 2.45) is 0 Å². The first-order chi connectivity index (χ1) is 15.7. The Kier molecular flexibility index (Phi) is 5.75. The molecule has 7 heteroatoms. The number of rotatable bonds is 6. The van der Waals surface area contributed by atoms with Gasteiger partial charge in [-0.15, -0.1) is 5.10 Å². The summed E-state index contributed by atoms with van der Waals surface area (Å²) >= 11 is 0. The van der Waals surface area contributed by atoms with Crippen LogP contribution in [-0.4, -0.2) is 59.9 Å². The van der Waals surface area contributed by atoms with Crippen LogP contribution in [0.5, 0.6) is 0 Å². The lowest BCUT2D eigenvalue weighted by Crippen LogP contribution is -2.36. The van der Waals surface area contributed by atoms with Crippen LogP contribution in [0, 0.1) is 0 Å². The van der Waals surface area contributed by atoms with Crippen molar-refractivity contribution in [1.29, 1.82) is 0 Å². The molecule has 32 heavy (non-hydrogen) atoms. The first-order valence-corrected chi connectivity index (χ1v) is 10.9. The third-order valence-electron chi connectivity index (χ3n) is 5.68. The molecule has 1 aliphatic rings. The van der Waals surface area contributed by atoms with E-state index in [9.17, 15) is 0 Å². The molecule has 0 spiro atoms. The Bertz CT molecular complexity index is 1190. The molecule has 0 bridgehead atoms. The highest BCUT2D eigenvalue weighted by molar-refractivity contribution is 5.70. The summed E-state index contributed by atoms with van der Waals surface area (Å²) < 4.78 is 7.41. The van der Waals surface area contributed by atoms with Crippen LogP contribution in [0.25, 0.3) is 16.8 Å². The minimum atomic E-state index is 0.569. The first-order valence-electron chi connectivity index (χ1n) is 10.9. The lowest BCUT2D eigenvalue weighted by molar-refractivity contribution is 0.122. The first kappa shape index (κ1) is 20.5. The Morgan fingerprint density at radius 1 is 0.969 bits per heavy atom. The van der Waals surface area contributed by atoms with Crippen LogP contribution in [0.2, 0.25) is 0 Å². The number of ether oxygens (including phenoxy) is 1. The molecule has 1 N–H and O–H groups in total. The second-order valence-corrected chi connectivity index (χ2v) is 8.30. The predicted octanol–water partition coefficient (Wildman–Crippen LogP) is 4.04. The molecule has 4 aromatic rings. The van der Waals surface area contributed by atoms with Gasteiger partial charge in [0.05, 0.1) is 30.6 Å². The van der Waals surface area contributed by atoms with Crippen LogP contribution < -0.4 is 10.2 Å². The number of morpholine rings is 1. The largest absolute Gasteiger partial charge is 0.378 e. The maximum absolute atomic E-state index is 5.44. The van der Waals surface area contributed by atoms with Gasteiger partial charge < -0.3 is 19.9 Å². The van der Waals surface area contributed by atoms with E-state index in [1.54, 1.807) is 0 Å². The van der Waals surface area contributed by atoms with E-state index in [-0.39, 0.29) is 0 Å². The van der Waals surface area contributed by atoms with Crippen LogP contribution in [0.15, 0.2) is 66.9 Å². The fourth-order valence-corrected chi connectivity index (χ4v) is 4.12. The minimum absolute atomic E-state index is 0.569. The molecule has 2 aromatic heterocycles. The lowest BCUT2D eigenvalue weighted by Gasteiger charge is -2.28. The van der Waals surface area contributed by atoms with Crippen molar-refractivity contribution in [3.8, 4) is 11.3 Å². The topological polar surface area (TPSA) is 57.9 Å². The Morgan fingerprint density at radius 3 is 2.53 bits per heavy atom. The van der Waals surface area contributed by atoms with Gasteiger partial charge in [0.2, 0.25) is 5.95 Å². The van der Waals surface area contributed by atoms with E-state index in [0.29, 0.717) is 5.95 Å². The van der Waals surface area contributed by atoms with E-state index < -0.39 is 0 Å². The summed E-state index contributed by atoms with van der Waals surface area (Å²) in [4.78, 5) is 9.03. The zero-order valence-corrected chi connectivity index (χ0v) is 18.5. The maximum Gasteiger partial charge on any atom is 0.245 e. The van der Waals surface area contributed by atoms with Gasteiger partial charge in [0.15, 0.2) is 0 Å². The summed E-state index contributed by atoms with van der Waals surface area (Å²) in [5, 5.41) is 8.14. The van der Waals surface area contributed by atoms with Gasteiger partial charge in [-0.3, -0.25) is 0 Å². The summed E-state index contributed by atoms with van der Waals surface area (Å²) in [5.41, 5.74) is 6.65. The fraction of sp³-hybridized carbons (Fsp3) is 0.280. The molecule has 0 radical (unpaired) electrons. The summed E-state index contributed by atoms with van der Waals surface area (Å²) in [7, 11) is 4.17. The SMILES string of the molecule is CN(C)Cc1ccccc1-c1ccc2cnc(Nc3ccc(N4CCOCC4)cc3)nn12. The molecule has 1 aliphatic heterocycles. The number of fused-ring (bicyclic) bond motifs is 1. The molecule has 5 rings (SSSR count). The number of hydrogen-bond acceptors (Lipinski definition) is 6. The van der Waals surface area contributed by atoms with E-state index in [0.717, 1.165) is 49.7 Å². The molecule has 0 saturated carbocycles. The lowest BCUT2D eigenvalue weighted by atomic mass is 10.0. The number of aromatic nitrogens is 3. The second-order valence-electron chi connectivity index (χ2n) is 8.30. The zero-order chi connectivity index (χ0) is 21.9. The van der Waals surface area contributed by atoms with Crippen LogP contribution in [0.3, 0.4) is 0 Å². The van der Waals surface area contributed by atoms with Crippen LogP contribution in [0.1, 0.15) is 5.56 Å². The maximum atomic E-state index is 5.44. The average Bonchev–Trinajstić information content (AvgIpc) is 3.23. The molecule has 0 unspecified atom stereocenters. The molecule has 7 nitrogen and oxygen atoms in total. The number of nitrogens with one attached hydrogen (secondary N) is 1. The molecule has 3 heterocycles. The van der Waals surface area contributed by atoms with Gasteiger partial charge in [-0.2, -0.15) is 0 Å². The molecular formula is C25H28N6O. The van der Waals surface area contributed by atoms with E-state index in [1.165, 1.54) is 16.8 Å². The van der Waals surface area contributed by atoms with Crippen molar-refractivity contribution in [2.45, 2.75) is 6.54 Å². The van der Waals surface area contributed by atoms with Gasteiger partial charge in [-0.25, -0.2) is 9.50 Å². The smallest absolute Gasteiger partial charge is 0.245 e. The number of nitrogens with zero attached hydrogens (tertiary/aromatic N) is 5. The molecular weight excluding hydrogens is 400 g/mol. The van der Waals surface area contributed by atoms with Crippen molar-refractivity contribution in [3.63, 3.8) is 0 Å². The third kappa shape index (κ3) is 4.30. The van der Waals surface area contributed by atoms with Gasteiger partial charge >= 0.3 is 0 Å². The highest BCUT2D eigenvalue weighted by Gasteiger charge is 2.13. The molecule has 0 atom stereocenters. The van der Waals surface area contributed by atoms with Crippen molar-refractivity contribution >= 4 is 22.8 Å². The number of anilines is 3. The Balaban J connectivity index is 1.41. The normalized spacial score (nSPS) is 14.3. The molecule has 2 aromatic carbocycles. The molecule has 0 amide bonds. The van der Waals surface area contributed by atoms with E-state index in [1.807, 2.05) is 10.7 Å². The molecule has 164 valence electrons. The highest BCUT2D eigenvalue weighted by Crippen LogP contribution is 2.27. The van der Waals surface area contributed by atoms with Crippen molar-refractivity contribution in [1.82, 2.24) is 19.5 Å². The van der Waals surface area contributed by atoms with Gasteiger partial charge in [0.25, 0.3) is 0 Å². The molecule has 1 saturated heterocycles. The number of hydrogen-bond donors (Lipinski definition) is 1. The third-order valence-corrected chi connectivity index (χ3v) is 5.68. The van der Waals surface area contributed by atoms with Gasteiger partial charge in [-0.1, -0.05) is 24.3 Å². The van der Waals surface area contributed by atoms with Crippen molar-refractivity contribution in [2.75, 3.05) is 50.6 Å². The Morgan fingerprint density at radius 2 is 1.75 bits per heavy atom. The number of benzene rings is 2. The summed E-state index contributed by atoms with van der Waals surface area (Å²) in [5.74, 6) is 0.569. The Labute approximate surface area is 188 Å². The fourth-order valence-electron chi connectivity index (χ4n) is 4.12. The van der Waals surface area contributed by atoms with Crippen LogP contribution in [0.4, 0.5) is 17.3 Å². The Hall–Kier alpha value is -3.42. The van der Waals surface area contributed by atoms with E-state index >= 15 is 0 Å². The van der Waals surface area contributed by atoms with Gasteiger partial charge in [0, 0.05) is 36.6 Å². The second kappa shape index (κ2) is 8.98. The summed E-state index contributed by atoms with van der Waals surface area (Å²) in [6.45, 7) is 4.29. The predicted molar refractivity (Wildman–Crippen MR) is 129 cm³/mol. The molecule has 0 aliphatic carbocycles. The van der Waals surface area contributed by atoms with Crippen LogP contribution in [-0.2, 0) is 11.3 Å². The zero-order valence-electron chi connectivity index (χ0n) is 18.5.